The highest BCUT2D eigenvalue weighted by Gasteiger charge is 2.40. The molecule has 0 radical (unpaired) electrons. The molecule has 0 aromatic rings. The van der Waals surface area contributed by atoms with E-state index in [1.54, 1.807) is 0 Å². The van der Waals surface area contributed by atoms with Gasteiger partial charge in [-0.3, -0.25) is 4.79 Å². The predicted octanol–water partition coefficient (Wildman–Crippen LogP) is -0.424. The molecule has 2 unspecified atom stereocenters. The van der Waals surface area contributed by atoms with Crippen molar-refractivity contribution in [3.05, 3.63) is 0 Å². The van der Waals surface area contributed by atoms with Crippen molar-refractivity contribution in [2.45, 2.75) is 31.9 Å². The first kappa shape index (κ1) is 11.4. The summed E-state index contributed by atoms with van der Waals surface area (Å²) in [6.07, 6.45) is 0.286. The molecule has 1 fully saturated rings. The van der Waals surface area contributed by atoms with Gasteiger partial charge in [0.05, 0.1) is 6.10 Å². The van der Waals surface area contributed by atoms with Crippen molar-refractivity contribution in [2.24, 2.45) is 11.1 Å². The monoisotopic (exact) mass is 203 g/mol. The van der Waals surface area contributed by atoms with Gasteiger partial charge in [0, 0.05) is 13.2 Å². The van der Waals surface area contributed by atoms with E-state index >= 15 is 0 Å². The van der Waals surface area contributed by atoms with E-state index < -0.39 is 23.5 Å². The third-order valence-electron chi connectivity index (χ3n) is 2.97. The SMILES string of the molecule is CC1(C(O)C(N)C(=O)O)CCOCC1. The molecule has 0 aromatic carbocycles. The van der Waals surface area contributed by atoms with Gasteiger partial charge in [-0.15, -0.1) is 0 Å². The molecule has 5 nitrogen and oxygen atoms in total. The van der Waals surface area contributed by atoms with Crippen LogP contribution in [0, 0.1) is 5.41 Å². The largest absolute Gasteiger partial charge is 0.480 e. The lowest BCUT2D eigenvalue weighted by Gasteiger charge is -2.39. The lowest BCUT2D eigenvalue weighted by molar-refractivity contribution is -0.146. The summed E-state index contributed by atoms with van der Waals surface area (Å²) >= 11 is 0. The van der Waals surface area contributed by atoms with Crippen molar-refractivity contribution in [2.75, 3.05) is 13.2 Å². The number of carbonyl (C=O) groups is 1. The summed E-state index contributed by atoms with van der Waals surface area (Å²) in [6, 6.07) is -1.21. The first-order valence-corrected chi connectivity index (χ1v) is 4.71. The zero-order valence-corrected chi connectivity index (χ0v) is 8.27. The molecule has 1 rings (SSSR count). The van der Waals surface area contributed by atoms with Crippen LogP contribution < -0.4 is 5.73 Å². The van der Waals surface area contributed by atoms with Gasteiger partial charge in [-0.2, -0.15) is 0 Å². The number of aliphatic carboxylic acids is 1. The normalized spacial score (nSPS) is 25.4. The van der Waals surface area contributed by atoms with Crippen LogP contribution in [0.4, 0.5) is 0 Å². The Morgan fingerprint density at radius 2 is 2.00 bits per heavy atom. The average Bonchev–Trinajstić information content (AvgIpc) is 2.16. The number of hydrogen-bond donors (Lipinski definition) is 3. The van der Waals surface area contributed by atoms with Gasteiger partial charge in [0.15, 0.2) is 0 Å². The van der Waals surface area contributed by atoms with Crippen molar-refractivity contribution in [3.8, 4) is 0 Å². The van der Waals surface area contributed by atoms with Gasteiger partial charge in [0.1, 0.15) is 6.04 Å². The van der Waals surface area contributed by atoms with E-state index in [1.165, 1.54) is 0 Å². The van der Waals surface area contributed by atoms with Crippen LogP contribution >= 0.6 is 0 Å². The Labute approximate surface area is 82.9 Å². The number of hydrogen-bond acceptors (Lipinski definition) is 4. The first-order valence-electron chi connectivity index (χ1n) is 4.71. The highest BCUT2D eigenvalue weighted by atomic mass is 16.5. The van der Waals surface area contributed by atoms with Crippen LogP contribution in [0.2, 0.25) is 0 Å². The summed E-state index contributed by atoms with van der Waals surface area (Å²) in [5, 5.41) is 18.5. The number of rotatable bonds is 3. The van der Waals surface area contributed by atoms with Gasteiger partial charge in [0.2, 0.25) is 0 Å². The molecular formula is C9H17NO4. The Bertz CT molecular complexity index is 213. The highest BCUT2D eigenvalue weighted by molar-refractivity contribution is 5.74. The van der Waals surface area contributed by atoms with E-state index in [4.69, 9.17) is 15.6 Å². The lowest BCUT2D eigenvalue weighted by atomic mass is 9.75. The van der Waals surface area contributed by atoms with E-state index in [0.29, 0.717) is 26.1 Å². The summed E-state index contributed by atoms with van der Waals surface area (Å²) < 4.78 is 5.16. The van der Waals surface area contributed by atoms with Crippen LogP contribution in [-0.4, -0.2) is 41.5 Å². The molecule has 14 heavy (non-hydrogen) atoms. The summed E-state index contributed by atoms with van der Waals surface area (Å²) in [4.78, 5) is 10.6. The van der Waals surface area contributed by atoms with Crippen LogP contribution in [0.5, 0.6) is 0 Å². The fourth-order valence-electron chi connectivity index (χ4n) is 1.70. The minimum Gasteiger partial charge on any atom is -0.480 e. The van der Waals surface area contributed by atoms with E-state index in [9.17, 15) is 9.90 Å². The number of carboxylic acid groups (broad SMARTS) is 1. The molecule has 1 saturated heterocycles. The van der Waals surface area contributed by atoms with Crippen molar-refractivity contribution in [1.82, 2.24) is 0 Å². The summed E-state index contributed by atoms with van der Waals surface area (Å²) in [6.45, 7) is 2.96. The molecule has 1 heterocycles. The summed E-state index contributed by atoms with van der Waals surface area (Å²) in [7, 11) is 0. The molecule has 4 N–H and O–H groups in total. The highest BCUT2D eigenvalue weighted by Crippen LogP contribution is 2.34. The number of aliphatic hydroxyl groups excluding tert-OH is 1. The molecule has 0 aromatic heterocycles. The Morgan fingerprint density at radius 3 is 2.43 bits per heavy atom. The maximum Gasteiger partial charge on any atom is 0.323 e. The molecule has 0 bridgehead atoms. The van der Waals surface area contributed by atoms with Crippen molar-refractivity contribution < 1.29 is 19.7 Å². The molecule has 0 aliphatic carbocycles. The predicted molar refractivity (Wildman–Crippen MR) is 49.8 cm³/mol. The Hall–Kier alpha value is -0.650. The van der Waals surface area contributed by atoms with Crippen LogP contribution in [0.1, 0.15) is 19.8 Å². The fourth-order valence-corrected chi connectivity index (χ4v) is 1.70. The van der Waals surface area contributed by atoms with Crippen LogP contribution in [-0.2, 0) is 9.53 Å². The number of aliphatic hydroxyl groups is 1. The molecule has 0 spiro atoms. The first-order chi connectivity index (χ1) is 6.47. The number of ether oxygens (including phenoxy) is 1. The van der Waals surface area contributed by atoms with E-state index in [1.807, 2.05) is 6.92 Å². The Morgan fingerprint density at radius 1 is 1.50 bits per heavy atom. The molecule has 0 amide bonds. The molecular weight excluding hydrogens is 186 g/mol. The van der Waals surface area contributed by atoms with Crippen molar-refractivity contribution in [1.29, 1.82) is 0 Å². The minimum atomic E-state index is -1.21. The van der Waals surface area contributed by atoms with Gasteiger partial charge in [-0.05, 0) is 18.3 Å². The second kappa shape index (κ2) is 4.25. The van der Waals surface area contributed by atoms with Crippen molar-refractivity contribution >= 4 is 5.97 Å². The zero-order valence-electron chi connectivity index (χ0n) is 8.27. The molecule has 0 saturated carbocycles. The third kappa shape index (κ3) is 2.23. The van der Waals surface area contributed by atoms with Crippen LogP contribution in [0.15, 0.2) is 0 Å². The second-order valence-electron chi connectivity index (χ2n) is 4.08. The Kier molecular flexibility index (Phi) is 3.47. The maximum absolute atomic E-state index is 10.6. The fraction of sp³-hybridized carbons (Fsp3) is 0.889. The quantitative estimate of drug-likeness (QED) is 0.579. The maximum atomic E-state index is 10.6. The minimum absolute atomic E-state index is 0.434. The van der Waals surface area contributed by atoms with Crippen LogP contribution in [0.3, 0.4) is 0 Å². The Balaban J connectivity index is 2.65. The van der Waals surface area contributed by atoms with E-state index in [-0.39, 0.29) is 0 Å². The molecule has 5 heteroatoms. The van der Waals surface area contributed by atoms with Gasteiger partial charge in [0.25, 0.3) is 0 Å². The molecule has 82 valence electrons. The topological polar surface area (TPSA) is 92.8 Å². The smallest absolute Gasteiger partial charge is 0.323 e. The summed E-state index contributed by atoms with van der Waals surface area (Å²) in [5.74, 6) is -1.16. The third-order valence-corrected chi connectivity index (χ3v) is 2.97. The molecule has 1 aliphatic rings. The second-order valence-corrected chi connectivity index (χ2v) is 4.08. The van der Waals surface area contributed by atoms with Crippen molar-refractivity contribution in [3.63, 3.8) is 0 Å². The number of nitrogens with two attached hydrogens (primary N) is 1. The van der Waals surface area contributed by atoms with E-state index in [0.717, 1.165) is 0 Å². The summed E-state index contributed by atoms with van der Waals surface area (Å²) in [5.41, 5.74) is 4.95. The molecule has 2 atom stereocenters. The van der Waals surface area contributed by atoms with Gasteiger partial charge in [-0.25, -0.2) is 0 Å². The van der Waals surface area contributed by atoms with Crippen LogP contribution in [0.25, 0.3) is 0 Å². The molecule has 1 aliphatic heterocycles. The average molecular weight is 203 g/mol. The lowest BCUT2D eigenvalue weighted by Crippen LogP contribution is -2.52. The standard InChI is InChI=1S/C9H17NO4/c1-9(2-4-14-5-3-9)7(11)6(10)8(12)13/h6-7,11H,2-5,10H2,1H3,(H,12,13). The van der Waals surface area contributed by atoms with Gasteiger partial charge in [-0.1, -0.05) is 6.92 Å². The number of carboxylic acids is 1. The van der Waals surface area contributed by atoms with Gasteiger partial charge < -0.3 is 20.7 Å². The van der Waals surface area contributed by atoms with E-state index in [2.05, 4.69) is 0 Å². The zero-order chi connectivity index (χ0) is 10.8. The van der Waals surface area contributed by atoms with Gasteiger partial charge >= 0.3 is 5.97 Å².